The van der Waals surface area contributed by atoms with Gasteiger partial charge >= 0.3 is 10.4 Å². The molecule has 222 valence electrons. The topological polar surface area (TPSA) is 136 Å². The molecule has 0 radical (unpaired) electrons. The molecular formula is C28H44O8S3. The molecule has 1 N–H and O–H groups in total. The van der Waals surface area contributed by atoms with E-state index in [2.05, 4.69) is 76.8 Å². The summed E-state index contributed by atoms with van der Waals surface area (Å²) < 4.78 is 32.5. The SMILES string of the molecule is CCC(C)(C)c1cc([S+](C)C)ccc1O.CCC(C)(C)c1cc([S+](C)C)ccc1OS(=O)(=O)OC.O=C([O-])[O-]. The van der Waals surface area contributed by atoms with E-state index in [0.717, 1.165) is 31.1 Å². The molecule has 2 aromatic carbocycles. The predicted octanol–water partition coefficient (Wildman–Crippen LogP) is 3.75. The highest BCUT2D eigenvalue weighted by molar-refractivity contribution is 7.95. The highest BCUT2D eigenvalue weighted by Crippen LogP contribution is 2.37. The van der Waals surface area contributed by atoms with Gasteiger partial charge < -0.3 is 24.3 Å². The third-order valence-corrected chi connectivity index (χ3v) is 9.67. The van der Waals surface area contributed by atoms with Gasteiger partial charge in [-0.3, -0.25) is 0 Å². The Bertz CT molecular complexity index is 1170. The summed E-state index contributed by atoms with van der Waals surface area (Å²) in [5, 5.41) is 26.6. The van der Waals surface area contributed by atoms with Gasteiger partial charge in [-0.15, -0.1) is 0 Å². The van der Waals surface area contributed by atoms with Gasteiger partial charge in [-0.25, -0.2) is 4.18 Å². The standard InChI is InChI=1S/C14H23O4S2.C13H20OS.CH2O3/c1-7-14(2,3)12-10-11(19(5)6)8-9-13(12)18-20(15,16)17-4;1-6-13(2,3)11-9-10(15(4)5)7-8-12(11)14;2-1(3)4/h8-10H,7H2,1-6H3;7-9H,6H2,1-5H3;(H2,2,3,4)/q+1;;/p-1. The lowest BCUT2D eigenvalue weighted by Gasteiger charge is -2.25. The van der Waals surface area contributed by atoms with Gasteiger partial charge in [-0.2, -0.15) is 8.42 Å². The van der Waals surface area contributed by atoms with E-state index in [0.29, 0.717) is 11.5 Å². The number of phenolic OH excluding ortho intramolecular Hbond substituents is 1. The Kier molecular flexibility index (Phi) is 14.8. The van der Waals surface area contributed by atoms with Crippen molar-refractivity contribution in [3.8, 4) is 11.5 Å². The molecule has 11 heteroatoms. The van der Waals surface area contributed by atoms with Gasteiger partial charge in [0, 0.05) is 45.0 Å². The van der Waals surface area contributed by atoms with Crippen molar-refractivity contribution in [1.82, 2.24) is 0 Å². The number of phenols is 1. The van der Waals surface area contributed by atoms with Crippen LogP contribution in [0.5, 0.6) is 11.5 Å². The molecule has 8 nitrogen and oxygen atoms in total. The summed E-state index contributed by atoms with van der Waals surface area (Å²) in [6.45, 7) is 12.7. The van der Waals surface area contributed by atoms with E-state index in [1.54, 1.807) is 6.07 Å². The number of carboxylic acid groups (broad SMARTS) is 2. The third kappa shape index (κ3) is 12.3. The number of aromatic hydroxyl groups is 1. The van der Waals surface area contributed by atoms with E-state index in [1.807, 2.05) is 24.3 Å². The maximum atomic E-state index is 11.5. The molecule has 2 aromatic rings. The quantitative estimate of drug-likeness (QED) is 0.428. The van der Waals surface area contributed by atoms with Crippen molar-refractivity contribution in [2.45, 2.75) is 75.0 Å². The number of hydrogen-bond donors (Lipinski definition) is 1. The van der Waals surface area contributed by atoms with E-state index >= 15 is 0 Å². The second-order valence-corrected chi connectivity index (χ2v) is 15.9. The molecule has 0 aliphatic rings. The monoisotopic (exact) mass is 604 g/mol. The van der Waals surface area contributed by atoms with Crippen molar-refractivity contribution in [3.05, 3.63) is 47.5 Å². The summed E-state index contributed by atoms with van der Waals surface area (Å²) in [5.74, 6) is 0.768. The second-order valence-electron chi connectivity index (χ2n) is 10.4. The Morgan fingerprint density at radius 2 is 1.23 bits per heavy atom. The molecule has 2 rings (SSSR count). The first-order chi connectivity index (χ1) is 17.7. The van der Waals surface area contributed by atoms with Crippen molar-refractivity contribution >= 4 is 38.3 Å². The number of benzene rings is 2. The van der Waals surface area contributed by atoms with Crippen LogP contribution in [-0.4, -0.2) is 51.8 Å². The summed E-state index contributed by atoms with van der Waals surface area (Å²) in [7, 11) is -2.55. The molecule has 0 unspecified atom stereocenters. The molecule has 0 atom stereocenters. The van der Waals surface area contributed by atoms with Crippen LogP contribution in [0, 0.1) is 0 Å². The molecule has 0 amide bonds. The van der Waals surface area contributed by atoms with E-state index in [1.165, 1.54) is 9.79 Å². The number of hydrogen-bond acceptors (Lipinski definition) is 8. The molecule has 0 aliphatic heterocycles. The van der Waals surface area contributed by atoms with Crippen LogP contribution in [0.2, 0.25) is 0 Å². The Hall–Kier alpha value is -2.08. The molecule has 39 heavy (non-hydrogen) atoms. The van der Waals surface area contributed by atoms with Crippen LogP contribution in [0.1, 0.15) is 65.5 Å². The Morgan fingerprint density at radius 3 is 1.62 bits per heavy atom. The van der Waals surface area contributed by atoms with Gasteiger partial charge in [0.2, 0.25) is 0 Å². The molecule has 0 saturated carbocycles. The third-order valence-electron chi connectivity index (χ3n) is 6.48. The van der Waals surface area contributed by atoms with Crippen molar-refractivity contribution in [1.29, 1.82) is 0 Å². The molecule has 0 spiro atoms. The normalized spacial score (nSPS) is 11.8. The van der Waals surface area contributed by atoms with E-state index < -0.39 is 16.6 Å². The molecule has 0 fully saturated rings. The fraction of sp³-hybridized carbons (Fsp3) is 0.536. The summed E-state index contributed by atoms with van der Waals surface area (Å²) in [5.41, 5.74) is 1.84. The molecule has 0 bridgehead atoms. The molecule has 0 aliphatic carbocycles. The molecular weight excluding hydrogens is 561 g/mol. The fourth-order valence-electron chi connectivity index (χ4n) is 3.20. The average Bonchev–Trinajstić information content (AvgIpc) is 2.83. The van der Waals surface area contributed by atoms with E-state index in [9.17, 15) is 13.5 Å². The maximum absolute atomic E-state index is 11.5. The van der Waals surface area contributed by atoms with Gasteiger partial charge in [0.05, 0.1) is 7.11 Å². The minimum atomic E-state index is -3.99. The maximum Gasteiger partial charge on any atom is 0.448 e. The van der Waals surface area contributed by atoms with Gasteiger partial charge in [0.25, 0.3) is 0 Å². The van der Waals surface area contributed by atoms with Crippen molar-refractivity contribution in [3.63, 3.8) is 0 Å². The average molecular weight is 605 g/mol. The second kappa shape index (κ2) is 15.6. The van der Waals surface area contributed by atoms with Crippen molar-refractivity contribution in [2.75, 3.05) is 32.1 Å². The minimum Gasteiger partial charge on any atom is -0.652 e. The Balaban J connectivity index is 0.000000670. The lowest BCUT2D eigenvalue weighted by Crippen LogP contribution is -2.37. The van der Waals surface area contributed by atoms with Crippen molar-refractivity contribution in [2.24, 2.45) is 0 Å². The Labute approximate surface area is 240 Å². The van der Waals surface area contributed by atoms with Crippen LogP contribution < -0.4 is 14.4 Å². The largest absolute Gasteiger partial charge is 0.652 e. The van der Waals surface area contributed by atoms with Gasteiger partial charge in [0.1, 0.15) is 36.5 Å². The van der Waals surface area contributed by atoms with E-state index in [4.69, 9.17) is 19.2 Å². The predicted molar refractivity (Wildman–Crippen MR) is 158 cm³/mol. The number of rotatable bonds is 9. The first kappa shape index (κ1) is 36.9. The van der Waals surface area contributed by atoms with Gasteiger partial charge in [-0.1, -0.05) is 41.5 Å². The van der Waals surface area contributed by atoms with Crippen LogP contribution in [0.15, 0.2) is 46.2 Å². The smallest absolute Gasteiger partial charge is 0.448 e. The van der Waals surface area contributed by atoms with E-state index in [-0.39, 0.29) is 32.6 Å². The molecule has 0 saturated heterocycles. The summed E-state index contributed by atoms with van der Waals surface area (Å²) >= 11 is 0. The molecule has 0 heterocycles. The van der Waals surface area contributed by atoms with Gasteiger partial charge in [-0.05, 0) is 54.1 Å². The highest BCUT2D eigenvalue weighted by Gasteiger charge is 2.28. The lowest BCUT2D eigenvalue weighted by molar-refractivity contribution is -0.415. The summed E-state index contributed by atoms with van der Waals surface area (Å²) in [4.78, 5) is 10.8. The van der Waals surface area contributed by atoms with Crippen LogP contribution in [0.25, 0.3) is 0 Å². The zero-order chi connectivity index (χ0) is 30.8. The number of carbonyl (C=O) groups excluding carboxylic acids is 1. The van der Waals surface area contributed by atoms with Crippen LogP contribution >= 0.6 is 0 Å². The first-order valence-electron chi connectivity index (χ1n) is 12.3. The first-order valence-corrected chi connectivity index (χ1v) is 17.7. The van der Waals surface area contributed by atoms with Crippen LogP contribution in [0.3, 0.4) is 0 Å². The minimum absolute atomic E-state index is 0.0550. The van der Waals surface area contributed by atoms with Crippen LogP contribution in [-0.2, 0) is 47.2 Å². The van der Waals surface area contributed by atoms with Gasteiger partial charge in [0.15, 0.2) is 9.79 Å². The lowest BCUT2D eigenvalue weighted by atomic mass is 9.82. The number of carbonyl (C=O) groups is 1. The summed E-state index contributed by atoms with van der Waals surface area (Å²) in [6.07, 6.45) is 8.24. The highest BCUT2D eigenvalue weighted by atomic mass is 32.3. The zero-order valence-electron chi connectivity index (χ0n) is 24.9. The fourth-order valence-corrected chi connectivity index (χ4v) is 5.02. The summed E-state index contributed by atoms with van der Waals surface area (Å²) in [6, 6.07) is 11.7. The molecule has 0 aromatic heterocycles. The van der Waals surface area contributed by atoms with Crippen LogP contribution in [0.4, 0.5) is 4.79 Å². The zero-order valence-corrected chi connectivity index (χ0v) is 27.4. The van der Waals surface area contributed by atoms with Crippen molar-refractivity contribution < 1.29 is 36.9 Å². The Morgan fingerprint density at radius 1 is 0.846 bits per heavy atom.